The van der Waals surface area contributed by atoms with Crippen molar-refractivity contribution in [3.63, 3.8) is 0 Å². The molecule has 3 fully saturated rings. The summed E-state index contributed by atoms with van der Waals surface area (Å²) in [5.74, 6) is 3.56. The summed E-state index contributed by atoms with van der Waals surface area (Å²) >= 11 is 0. The van der Waals surface area contributed by atoms with Crippen molar-refractivity contribution in [3.05, 3.63) is 11.7 Å². The van der Waals surface area contributed by atoms with Crippen LogP contribution >= 0.6 is 0 Å². The lowest BCUT2D eigenvalue weighted by molar-refractivity contribution is -0.136. The Bertz CT molecular complexity index is 565. The van der Waals surface area contributed by atoms with Gasteiger partial charge in [-0.2, -0.15) is 4.98 Å². The van der Waals surface area contributed by atoms with Crippen LogP contribution in [0.15, 0.2) is 4.52 Å². The molecule has 0 spiro atoms. The third kappa shape index (κ3) is 3.34. The molecule has 3 aliphatic rings. The van der Waals surface area contributed by atoms with Crippen molar-refractivity contribution in [2.75, 3.05) is 26.2 Å². The fourth-order valence-corrected chi connectivity index (χ4v) is 4.79. The molecule has 2 saturated heterocycles. The van der Waals surface area contributed by atoms with Crippen molar-refractivity contribution in [2.45, 2.75) is 52.0 Å². The van der Waals surface area contributed by atoms with Gasteiger partial charge >= 0.3 is 0 Å². The van der Waals surface area contributed by atoms with Gasteiger partial charge < -0.3 is 9.42 Å². The number of aromatic nitrogens is 2. The maximum Gasteiger partial charge on any atom is 0.225 e. The summed E-state index contributed by atoms with van der Waals surface area (Å²) in [6.45, 7) is 6.48. The Balaban J connectivity index is 1.27. The Hall–Kier alpha value is -1.43. The second-order valence-corrected chi connectivity index (χ2v) is 7.83. The summed E-state index contributed by atoms with van der Waals surface area (Å²) in [6.07, 6.45) is 7.30. The van der Waals surface area contributed by atoms with Crippen LogP contribution in [0.2, 0.25) is 0 Å². The van der Waals surface area contributed by atoms with Gasteiger partial charge in [-0.1, -0.05) is 18.0 Å². The van der Waals surface area contributed by atoms with E-state index in [4.69, 9.17) is 4.52 Å². The summed E-state index contributed by atoms with van der Waals surface area (Å²) in [6, 6.07) is 0. The van der Waals surface area contributed by atoms with E-state index in [9.17, 15) is 4.79 Å². The molecule has 0 radical (unpaired) electrons. The van der Waals surface area contributed by atoms with Gasteiger partial charge in [0.2, 0.25) is 11.8 Å². The molecule has 132 valence electrons. The van der Waals surface area contributed by atoms with Gasteiger partial charge in [0.25, 0.3) is 0 Å². The number of amides is 1. The lowest BCUT2D eigenvalue weighted by atomic mass is 9.82. The molecule has 0 aromatic carbocycles. The SMILES string of the molecule is Cc1nc(CN2CCC(C(=O)N3CC4CCCCC4C3)CC2)no1. The molecule has 6 nitrogen and oxygen atoms in total. The van der Waals surface area contributed by atoms with Crippen molar-refractivity contribution in [1.29, 1.82) is 0 Å². The van der Waals surface area contributed by atoms with E-state index in [-0.39, 0.29) is 5.92 Å². The van der Waals surface area contributed by atoms with Gasteiger partial charge in [-0.05, 0) is 50.6 Å². The van der Waals surface area contributed by atoms with Gasteiger partial charge in [0, 0.05) is 25.9 Å². The molecule has 3 heterocycles. The minimum Gasteiger partial charge on any atom is -0.342 e. The minimum absolute atomic E-state index is 0.216. The number of likely N-dealkylation sites (tertiary alicyclic amines) is 2. The largest absolute Gasteiger partial charge is 0.342 e. The predicted octanol–water partition coefficient (Wildman–Crippen LogP) is 2.24. The van der Waals surface area contributed by atoms with Crippen molar-refractivity contribution >= 4 is 5.91 Å². The first-order chi connectivity index (χ1) is 11.7. The third-order valence-corrected chi connectivity index (χ3v) is 6.16. The van der Waals surface area contributed by atoms with Crippen LogP contribution in [-0.4, -0.2) is 52.0 Å². The van der Waals surface area contributed by atoms with Crippen LogP contribution in [0.5, 0.6) is 0 Å². The van der Waals surface area contributed by atoms with Crippen molar-refractivity contribution in [1.82, 2.24) is 19.9 Å². The second kappa shape index (κ2) is 6.82. The van der Waals surface area contributed by atoms with Gasteiger partial charge in [0.1, 0.15) is 0 Å². The number of carbonyl (C=O) groups is 1. The van der Waals surface area contributed by atoms with E-state index in [0.717, 1.165) is 63.2 Å². The smallest absolute Gasteiger partial charge is 0.225 e. The molecule has 4 rings (SSSR count). The van der Waals surface area contributed by atoms with Gasteiger partial charge in [0.05, 0.1) is 6.54 Å². The minimum atomic E-state index is 0.216. The molecule has 1 aromatic heterocycles. The number of hydrogen-bond acceptors (Lipinski definition) is 5. The predicted molar refractivity (Wildman–Crippen MR) is 89.1 cm³/mol. The van der Waals surface area contributed by atoms with E-state index in [2.05, 4.69) is 19.9 Å². The maximum absolute atomic E-state index is 12.9. The zero-order chi connectivity index (χ0) is 16.5. The van der Waals surface area contributed by atoms with Crippen LogP contribution in [0.3, 0.4) is 0 Å². The maximum atomic E-state index is 12.9. The highest BCUT2D eigenvalue weighted by molar-refractivity contribution is 5.79. The van der Waals surface area contributed by atoms with Crippen LogP contribution in [0.4, 0.5) is 0 Å². The molecule has 0 bridgehead atoms. The molecule has 6 heteroatoms. The van der Waals surface area contributed by atoms with Gasteiger partial charge in [-0.25, -0.2) is 0 Å². The zero-order valence-corrected chi connectivity index (χ0v) is 14.6. The van der Waals surface area contributed by atoms with E-state index in [1.54, 1.807) is 0 Å². The first-order valence-electron chi connectivity index (χ1n) is 9.49. The number of nitrogens with zero attached hydrogens (tertiary/aromatic N) is 4. The van der Waals surface area contributed by atoms with Gasteiger partial charge in [0.15, 0.2) is 5.82 Å². The van der Waals surface area contributed by atoms with Crippen LogP contribution in [0.1, 0.15) is 50.2 Å². The number of hydrogen-bond donors (Lipinski definition) is 0. The Morgan fingerprint density at radius 2 is 1.79 bits per heavy atom. The average Bonchev–Trinajstić information content (AvgIpc) is 3.21. The molecule has 1 aromatic rings. The van der Waals surface area contributed by atoms with Gasteiger partial charge in [-0.3, -0.25) is 9.69 Å². The number of carbonyl (C=O) groups excluding carboxylic acids is 1. The lowest BCUT2D eigenvalue weighted by Gasteiger charge is -2.32. The van der Waals surface area contributed by atoms with Crippen LogP contribution < -0.4 is 0 Å². The molecule has 2 atom stereocenters. The standard InChI is InChI=1S/C18H28N4O2/c1-13-19-17(20-24-13)12-21-8-6-14(7-9-21)18(23)22-10-15-4-2-3-5-16(15)11-22/h14-16H,2-12H2,1H3. The molecule has 24 heavy (non-hydrogen) atoms. The Morgan fingerprint density at radius 1 is 1.12 bits per heavy atom. The highest BCUT2D eigenvalue weighted by Crippen LogP contribution is 2.37. The Kier molecular flexibility index (Phi) is 4.57. The Morgan fingerprint density at radius 3 is 2.38 bits per heavy atom. The number of rotatable bonds is 3. The highest BCUT2D eigenvalue weighted by atomic mass is 16.5. The van der Waals surface area contributed by atoms with Crippen LogP contribution in [0, 0.1) is 24.7 Å². The summed E-state index contributed by atoms with van der Waals surface area (Å²) in [7, 11) is 0. The summed E-state index contributed by atoms with van der Waals surface area (Å²) in [5.41, 5.74) is 0. The molecule has 1 amide bonds. The van der Waals surface area contributed by atoms with Crippen LogP contribution in [-0.2, 0) is 11.3 Å². The number of fused-ring (bicyclic) bond motifs is 1. The first-order valence-corrected chi connectivity index (χ1v) is 9.49. The molecular weight excluding hydrogens is 304 g/mol. The second-order valence-electron chi connectivity index (χ2n) is 7.83. The monoisotopic (exact) mass is 332 g/mol. The Labute approximate surface area is 143 Å². The molecule has 1 aliphatic carbocycles. The molecule has 2 unspecified atom stereocenters. The van der Waals surface area contributed by atoms with Crippen LogP contribution in [0.25, 0.3) is 0 Å². The number of piperidine rings is 1. The molecular formula is C18H28N4O2. The molecule has 2 aliphatic heterocycles. The fourth-order valence-electron chi connectivity index (χ4n) is 4.79. The quantitative estimate of drug-likeness (QED) is 0.849. The van der Waals surface area contributed by atoms with E-state index in [0.29, 0.717) is 11.8 Å². The summed E-state index contributed by atoms with van der Waals surface area (Å²) in [4.78, 5) is 21.7. The highest BCUT2D eigenvalue weighted by Gasteiger charge is 2.39. The normalized spacial score (nSPS) is 29.0. The first kappa shape index (κ1) is 16.1. The molecule has 1 saturated carbocycles. The summed E-state index contributed by atoms with van der Waals surface area (Å²) in [5, 5.41) is 3.97. The van der Waals surface area contributed by atoms with Crippen molar-refractivity contribution in [3.8, 4) is 0 Å². The fraction of sp³-hybridized carbons (Fsp3) is 0.833. The topological polar surface area (TPSA) is 62.5 Å². The number of aryl methyl sites for hydroxylation is 1. The van der Waals surface area contributed by atoms with E-state index in [1.807, 2.05) is 6.92 Å². The lowest BCUT2D eigenvalue weighted by Crippen LogP contribution is -2.41. The van der Waals surface area contributed by atoms with E-state index < -0.39 is 0 Å². The summed E-state index contributed by atoms with van der Waals surface area (Å²) < 4.78 is 5.03. The zero-order valence-electron chi connectivity index (χ0n) is 14.6. The van der Waals surface area contributed by atoms with E-state index in [1.165, 1.54) is 25.7 Å². The van der Waals surface area contributed by atoms with Crippen molar-refractivity contribution in [2.24, 2.45) is 17.8 Å². The third-order valence-electron chi connectivity index (χ3n) is 6.16. The van der Waals surface area contributed by atoms with Gasteiger partial charge in [-0.15, -0.1) is 0 Å². The average molecular weight is 332 g/mol. The van der Waals surface area contributed by atoms with E-state index >= 15 is 0 Å². The van der Waals surface area contributed by atoms with Crippen molar-refractivity contribution < 1.29 is 9.32 Å². The molecule has 0 N–H and O–H groups in total.